The van der Waals surface area contributed by atoms with Crippen LogP contribution in [-0.2, 0) is 5.41 Å². The van der Waals surface area contributed by atoms with E-state index < -0.39 is 11.4 Å². The number of carbonyl (C=O) groups excluding carboxylic acids is 1. The average molecular weight is 354 g/mol. The van der Waals surface area contributed by atoms with Gasteiger partial charge in [-0.25, -0.2) is 9.78 Å². The van der Waals surface area contributed by atoms with E-state index in [2.05, 4.69) is 4.98 Å². The maximum absolute atomic E-state index is 13.2. The van der Waals surface area contributed by atoms with Crippen LogP contribution >= 0.6 is 0 Å². The molecule has 7 nitrogen and oxygen atoms in total. The molecule has 0 bridgehead atoms. The molecule has 0 unspecified atom stereocenters. The van der Waals surface area contributed by atoms with E-state index in [0.717, 1.165) is 12.8 Å². The van der Waals surface area contributed by atoms with Crippen molar-refractivity contribution in [1.82, 2.24) is 14.5 Å². The van der Waals surface area contributed by atoms with Gasteiger partial charge in [0.2, 0.25) is 0 Å². The van der Waals surface area contributed by atoms with Crippen molar-refractivity contribution in [2.24, 2.45) is 0 Å². The SMILES string of the molecule is CC(C)(C)c1nc(C(=O)O)c2n1-c1cccc(N)c1C(=O)N1CCC[C@@H]21. The number of fused-ring (bicyclic) bond motifs is 5. The minimum atomic E-state index is -1.07. The lowest BCUT2D eigenvalue weighted by atomic mass is 9.95. The minimum Gasteiger partial charge on any atom is -0.476 e. The van der Waals surface area contributed by atoms with Gasteiger partial charge < -0.3 is 15.7 Å². The highest BCUT2D eigenvalue weighted by atomic mass is 16.4. The maximum atomic E-state index is 13.2. The van der Waals surface area contributed by atoms with E-state index in [1.54, 1.807) is 17.0 Å². The van der Waals surface area contributed by atoms with Crippen molar-refractivity contribution in [2.75, 3.05) is 12.3 Å². The summed E-state index contributed by atoms with van der Waals surface area (Å²) in [4.78, 5) is 31.4. The summed E-state index contributed by atoms with van der Waals surface area (Å²) in [5.41, 5.74) is 7.82. The first kappa shape index (κ1) is 16.6. The van der Waals surface area contributed by atoms with Gasteiger partial charge in [-0.3, -0.25) is 9.36 Å². The Bertz CT molecular complexity index is 939. The Labute approximate surface area is 151 Å². The second-order valence-corrected chi connectivity index (χ2v) is 7.96. The molecule has 7 heteroatoms. The summed E-state index contributed by atoms with van der Waals surface area (Å²) in [7, 11) is 0. The zero-order chi connectivity index (χ0) is 18.8. The normalized spacial score (nSPS) is 19.0. The number of nitrogen functional groups attached to an aromatic ring is 1. The lowest BCUT2D eigenvalue weighted by Gasteiger charge is -2.23. The fourth-order valence-corrected chi connectivity index (χ4v) is 4.06. The van der Waals surface area contributed by atoms with Crippen molar-refractivity contribution < 1.29 is 14.7 Å². The number of anilines is 1. The van der Waals surface area contributed by atoms with E-state index in [9.17, 15) is 14.7 Å². The lowest BCUT2D eigenvalue weighted by Crippen LogP contribution is -2.30. The zero-order valence-electron chi connectivity index (χ0n) is 15.1. The monoisotopic (exact) mass is 354 g/mol. The largest absolute Gasteiger partial charge is 0.476 e. The molecule has 1 amide bonds. The Morgan fingerprint density at radius 2 is 2.08 bits per heavy atom. The fraction of sp³-hybridized carbons (Fsp3) is 0.421. The lowest BCUT2D eigenvalue weighted by molar-refractivity contribution is 0.0673. The van der Waals surface area contributed by atoms with Crippen molar-refractivity contribution in [3.8, 4) is 5.69 Å². The Balaban J connectivity index is 2.17. The number of carboxylic acid groups (broad SMARTS) is 1. The summed E-state index contributed by atoms with van der Waals surface area (Å²) in [5, 5.41) is 9.80. The van der Waals surface area contributed by atoms with Crippen LogP contribution in [0.25, 0.3) is 5.69 Å². The molecule has 2 aliphatic heterocycles. The topological polar surface area (TPSA) is 101 Å². The third-order valence-electron chi connectivity index (χ3n) is 5.15. The van der Waals surface area contributed by atoms with E-state index in [1.807, 2.05) is 31.4 Å². The first-order valence-electron chi connectivity index (χ1n) is 8.78. The highest BCUT2D eigenvalue weighted by Gasteiger charge is 2.43. The molecule has 1 saturated heterocycles. The van der Waals surface area contributed by atoms with Crippen molar-refractivity contribution in [2.45, 2.75) is 45.1 Å². The number of hydrogen-bond donors (Lipinski definition) is 2. The molecule has 0 saturated carbocycles. The van der Waals surface area contributed by atoms with Crippen LogP contribution in [0.5, 0.6) is 0 Å². The summed E-state index contributed by atoms with van der Waals surface area (Å²) in [6, 6.07) is 5.01. The molecule has 26 heavy (non-hydrogen) atoms. The van der Waals surface area contributed by atoms with Crippen LogP contribution in [-0.4, -0.2) is 38.0 Å². The predicted molar refractivity (Wildman–Crippen MR) is 96.6 cm³/mol. The molecule has 1 fully saturated rings. The molecule has 2 aromatic rings. The second kappa shape index (κ2) is 5.33. The molecule has 1 aromatic heterocycles. The van der Waals surface area contributed by atoms with E-state index in [1.165, 1.54) is 0 Å². The van der Waals surface area contributed by atoms with E-state index in [-0.39, 0.29) is 17.6 Å². The number of nitrogens with two attached hydrogens (primary N) is 1. The van der Waals surface area contributed by atoms with Crippen LogP contribution in [0.15, 0.2) is 18.2 Å². The van der Waals surface area contributed by atoms with Crippen molar-refractivity contribution in [3.05, 3.63) is 41.0 Å². The number of aromatic nitrogens is 2. The van der Waals surface area contributed by atoms with E-state index >= 15 is 0 Å². The van der Waals surface area contributed by atoms with Gasteiger partial charge in [0.1, 0.15) is 5.82 Å². The molecule has 136 valence electrons. The first-order valence-corrected chi connectivity index (χ1v) is 8.78. The molecule has 0 aliphatic carbocycles. The van der Waals surface area contributed by atoms with Crippen LogP contribution < -0.4 is 5.73 Å². The van der Waals surface area contributed by atoms with Crippen LogP contribution in [0, 0.1) is 0 Å². The van der Waals surface area contributed by atoms with Gasteiger partial charge in [0.15, 0.2) is 5.69 Å². The summed E-state index contributed by atoms with van der Waals surface area (Å²) in [5.74, 6) is -0.588. The van der Waals surface area contributed by atoms with Crippen molar-refractivity contribution >= 4 is 17.6 Å². The van der Waals surface area contributed by atoms with Crippen LogP contribution in [0.3, 0.4) is 0 Å². The summed E-state index contributed by atoms with van der Waals surface area (Å²) < 4.78 is 1.86. The van der Waals surface area contributed by atoms with Crippen molar-refractivity contribution in [1.29, 1.82) is 0 Å². The molecule has 3 N–H and O–H groups in total. The standard InChI is InChI=1S/C19H22N4O3/c1-19(2,3)18-21-14(17(25)26)15-12-8-5-9-22(12)16(24)13-10(20)6-4-7-11(13)23(15)18/h4,6-7,12H,5,8-9,20H2,1-3H3,(H,25,26)/t12-/m0/s1. The minimum absolute atomic E-state index is 0.0231. The number of amides is 1. The second-order valence-electron chi connectivity index (χ2n) is 7.96. The van der Waals surface area contributed by atoms with Gasteiger partial charge >= 0.3 is 5.97 Å². The number of carbonyl (C=O) groups is 2. The number of nitrogens with zero attached hydrogens (tertiary/aromatic N) is 3. The van der Waals surface area contributed by atoms with E-state index in [4.69, 9.17) is 5.73 Å². The number of imidazole rings is 1. The van der Waals surface area contributed by atoms with Gasteiger partial charge in [0.25, 0.3) is 5.91 Å². The van der Waals surface area contributed by atoms with E-state index in [0.29, 0.717) is 35.0 Å². The van der Waals surface area contributed by atoms with Gasteiger partial charge in [-0.1, -0.05) is 26.8 Å². The quantitative estimate of drug-likeness (QED) is 0.767. The van der Waals surface area contributed by atoms with Crippen molar-refractivity contribution in [3.63, 3.8) is 0 Å². The molecule has 2 aliphatic rings. The van der Waals surface area contributed by atoms with Gasteiger partial charge in [-0.05, 0) is 25.0 Å². The summed E-state index contributed by atoms with van der Waals surface area (Å²) in [6.45, 7) is 6.55. The Morgan fingerprint density at radius 3 is 2.73 bits per heavy atom. The van der Waals surface area contributed by atoms with Crippen LogP contribution in [0.4, 0.5) is 5.69 Å². The Morgan fingerprint density at radius 1 is 1.35 bits per heavy atom. The van der Waals surface area contributed by atoms with Gasteiger partial charge in [0.05, 0.1) is 23.0 Å². The maximum Gasteiger partial charge on any atom is 0.356 e. The zero-order valence-corrected chi connectivity index (χ0v) is 15.1. The number of aromatic carboxylic acids is 1. The third kappa shape index (κ3) is 2.16. The molecule has 4 rings (SSSR count). The molecule has 1 aromatic carbocycles. The third-order valence-corrected chi connectivity index (χ3v) is 5.15. The summed E-state index contributed by atoms with van der Waals surface area (Å²) in [6.07, 6.45) is 1.54. The average Bonchev–Trinajstić information content (AvgIpc) is 3.15. The molecule has 0 spiro atoms. The number of benzene rings is 1. The highest BCUT2D eigenvalue weighted by Crippen LogP contribution is 2.43. The van der Waals surface area contributed by atoms with Crippen LogP contribution in [0.1, 0.15) is 72.0 Å². The highest BCUT2D eigenvalue weighted by molar-refractivity contribution is 6.04. The van der Waals surface area contributed by atoms with Gasteiger partial charge in [-0.2, -0.15) is 0 Å². The summed E-state index contributed by atoms with van der Waals surface area (Å²) >= 11 is 0. The fourth-order valence-electron chi connectivity index (χ4n) is 4.06. The molecule has 0 radical (unpaired) electrons. The predicted octanol–water partition coefficient (Wildman–Crippen LogP) is 2.74. The number of rotatable bonds is 1. The smallest absolute Gasteiger partial charge is 0.356 e. The molecular formula is C19H22N4O3. The van der Waals surface area contributed by atoms with Gasteiger partial charge in [0, 0.05) is 17.6 Å². The Hall–Kier alpha value is -2.83. The molecular weight excluding hydrogens is 332 g/mol. The molecule has 1 atom stereocenters. The molecule has 3 heterocycles. The number of hydrogen-bond acceptors (Lipinski definition) is 4. The van der Waals surface area contributed by atoms with Gasteiger partial charge in [-0.15, -0.1) is 0 Å². The van der Waals surface area contributed by atoms with Crippen LogP contribution in [0.2, 0.25) is 0 Å². The first-order chi connectivity index (χ1) is 12.2. The number of carboxylic acids is 1. The Kier molecular flexibility index (Phi) is 3.41.